The first-order valence-electron chi connectivity index (χ1n) is 6.05. The average Bonchev–Trinajstić information content (AvgIpc) is 2.37. The lowest BCUT2D eigenvalue weighted by Crippen LogP contribution is -2.26. The van der Waals surface area contributed by atoms with Crippen LogP contribution in [0.1, 0.15) is 21.5 Å². The van der Waals surface area contributed by atoms with Gasteiger partial charge in [0.15, 0.2) is 0 Å². The van der Waals surface area contributed by atoms with E-state index in [2.05, 4.69) is 11.1 Å². The van der Waals surface area contributed by atoms with Gasteiger partial charge in [0.1, 0.15) is 5.82 Å². The van der Waals surface area contributed by atoms with Crippen LogP contribution in [-0.4, -0.2) is 17.9 Å². The quantitative estimate of drug-likeness (QED) is 0.897. The van der Waals surface area contributed by atoms with E-state index in [1.54, 1.807) is 24.1 Å². The molecule has 0 bridgehead atoms. The molecule has 98 valence electrons. The minimum absolute atomic E-state index is 0.0995. The number of pyridine rings is 1. The highest BCUT2D eigenvalue weighted by Gasteiger charge is 2.14. The number of nitrogens with two attached hydrogens (primary N) is 1. The fourth-order valence-corrected chi connectivity index (χ4v) is 1.99. The summed E-state index contributed by atoms with van der Waals surface area (Å²) in [6.45, 7) is 4.03. The highest BCUT2D eigenvalue weighted by Crippen LogP contribution is 2.19. The zero-order valence-corrected chi connectivity index (χ0v) is 11.3. The standard InChI is InChI=1S/C15H17N3O/c1-10-6-11(2)8-13(7-10)18(3)15(19)12-4-5-14(16)17-9-12/h4-9H,1-3H3,(H2,16,17). The van der Waals surface area contributed by atoms with Crippen LogP contribution in [-0.2, 0) is 0 Å². The highest BCUT2D eigenvalue weighted by atomic mass is 16.2. The molecule has 0 radical (unpaired) electrons. The SMILES string of the molecule is Cc1cc(C)cc(N(C)C(=O)c2ccc(N)nc2)c1. The van der Waals surface area contributed by atoms with Crippen molar-refractivity contribution in [3.63, 3.8) is 0 Å². The molecule has 4 nitrogen and oxygen atoms in total. The Hall–Kier alpha value is -2.36. The largest absolute Gasteiger partial charge is 0.384 e. The normalized spacial score (nSPS) is 10.3. The molecule has 19 heavy (non-hydrogen) atoms. The van der Waals surface area contributed by atoms with E-state index in [0.29, 0.717) is 11.4 Å². The number of aryl methyl sites for hydroxylation is 2. The predicted octanol–water partition coefficient (Wildman–Crippen LogP) is 2.56. The zero-order chi connectivity index (χ0) is 14.0. The minimum Gasteiger partial charge on any atom is -0.384 e. The maximum atomic E-state index is 12.3. The molecule has 0 aliphatic rings. The van der Waals surface area contributed by atoms with E-state index in [0.717, 1.165) is 16.8 Å². The van der Waals surface area contributed by atoms with Gasteiger partial charge in [0.05, 0.1) is 5.56 Å². The monoisotopic (exact) mass is 255 g/mol. The summed E-state index contributed by atoms with van der Waals surface area (Å²) in [5.41, 5.74) is 9.18. The number of nitrogen functional groups attached to an aromatic ring is 1. The number of nitrogens with zero attached hydrogens (tertiary/aromatic N) is 2. The molecule has 0 unspecified atom stereocenters. The Morgan fingerprint density at radius 3 is 2.32 bits per heavy atom. The molecule has 0 aliphatic carbocycles. The first-order valence-corrected chi connectivity index (χ1v) is 6.05. The van der Waals surface area contributed by atoms with Crippen LogP contribution in [0.25, 0.3) is 0 Å². The Morgan fingerprint density at radius 1 is 1.16 bits per heavy atom. The van der Waals surface area contributed by atoms with Gasteiger partial charge in [0.25, 0.3) is 5.91 Å². The van der Waals surface area contributed by atoms with Crippen LogP contribution in [0.3, 0.4) is 0 Å². The van der Waals surface area contributed by atoms with E-state index in [9.17, 15) is 4.79 Å². The number of anilines is 2. The van der Waals surface area contributed by atoms with Gasteiger partial charge in [-0.2, -0.15) is 0 Å². The van der Waals surface area contributed by atoms with Crippen LogP contribution in [0.5, 0.6) is 0 Å². The van der Waals surface area contributed by atoms with Crippen molar-refractivity contribution >= 4 is 17.4 Å². The number of hydrogen-bond donors (Lipinski definition) is 1. The molecule has 0 spiro atoms. The number of hydrogen-bond acceptors (Lipinski definition) is 3. The molecule has 0 atom stereocenters. The first-order chi connectivity index (χ1) is 8.97. The molecule has 1 heterocycles. The molecule has 2 rings (SSSR count). The summed E-state index contributed by atoms with van der Waals surface area (Å²) in [6.07, 6.45) is 1.50. The van der Waals surface area contributed by atoms with E-state index in [-0.39, 0.29) is 5.91 Å². The van der Waals surface area contributed by atoms with Crippen molar-refractivity contribution in [1.82, 2.24) is 4.98 Å². The summed E-state index contributed by atoms with van der Waals surface area (Å²) in [7, 11) is 1.76. The van der Waals surface area contributed by atoms with Crippen LogP contribution in [0.2, 0.25) is 0 Å². The molecule has 0 saturated carbocycles. The van der Waals surface area contributed by atoms with Crippen molar-refractivity contribution in [3.05, 3.63) is 53.2 Å². The van der Waals surface area contributed by atoms with Crippen LogP contribution < -0.4 is 10.6 Å². The van der Waals surface area contributed by atoms with E-state index in [1.165, 1.54) is 6.20 Å². The average molecular weight is 255 g/mol. The summed E-state index contributed by atoms with van der Waals surface area (Å²) in [5.74, 6) is 0.308. The van der Waals surface area contributed by atoms with Gasteiger partial charge < -0.3 is 10.6 Å². The van der Waals surface area contributed by atoms with Crippen molar-refractivity contribution in [2.24, 2.45) is 0 Å². The summed E-state index contributed by atoms with van der Waals surface area (Å²) in [5, 5.41) is 0. The van der Waals surface area contributed by atoms with Crippen LogP contribution in [0.15, 0.2) is 36.5 Å². The summed E-state index contributed by atoms with van der Waals surface area (Å²) < 4.78 is 0. The van der Waals surface area contributed by atoms with Crippen molar-refractivity contribution in [1.29, 1.82) is 0 Å². The maximum absolute atomic E-state index is 12.3. The molecule has 1 amide bonds. The van der Waals surface area contributed by atoms with Gasteiger partial charge in [-0.1, -0.05) is 6.07 Å². The van der Waals surface area contributed by atoms with Gasteiger partial charge in [-0.05, 0) is 49.2 Å². The van der Waals surface area contributed by atoms with Gasteiger partial charge in [0, 0.05) is 18.9 Å². The van der Waals surface area contributed by atoms with Gasteiger partial charge in [0.2, 0.25) is 0 Å². The fraction of sp³-hybridized carbons (Fsp3) is 0.200. The lowest BCUT2D eigenvalue weighted by Gasteiger charge is -2.18. The third kappa shape index (κ3) is 2.91. The third-order valence-electron chi connectivity index (χ3n) is 2.93. The van der Waals surface area contributed by atoms with E-state index in [1.807, 2.05) is 26.0 Å². The van der Waals surface area contributed by atoms with E-state index >= 15 is 0 Å². The molecule has 1 aromatic carbocycles. The molecule has 2 N–H and O–H groups in total. The molecular formula is C15H17N3O. The molecule has 4 heteroatoms. The van der Waals surface area contributed by atoms with Crippen molar-refractivity contribution < 1.29 is 4.79 Å². The van der Waals surface area contributed by atoms with Crippen molar-refractivity contribution in [2.45, 2.75) is 13.8 Å². The zero-order valence-electron chi connectivity index (χ0n) is 11.3. The molecule has 0 aliphatic heterocycles. The van der Waals surface area contributed by atoms with Crippen molar-refractivity contribution in [2.75, 3.05) is 17.7 Å². The number of amides is 1. The lowest BCUT2D eigenvalue weighted by molar-refractivity contribution is 0.0992. The second-order valence-corrected chi connectivity index (χ2v) is 4.68. The van der Waals surface area contributed by atoms with Crippen LogP contribution in [0, 0.1) is 13.8 Å². The molecule has 0 fully saturated rings. The fourth-order valence-electron chi connectivity index (χ4n) is 1.99. The Morgan fingerprint density at radius 2 is 1.79 bits per heavy atom. The number of aromatic nitrogens is 1. The second kappa shape index (κ2) is 5.10. The Labute approximate surface area is 112 Å². The third-order valence-corrected chi connectivity index (χ3v) is 2.93. The lowest BCUT2D eigenvalue weighted by atomic mass is 10.1. The van der Waals surface area contributed by atoms with Gasteiger partial charge in [-0.15, -0.1) is 0 Å². The Bertz CT molecular complexity index is 585. The molecular weight excluding hydrogens is 238 g/mol. The molecule has 0 saturated heterocycles. The summed E-state index contributed by atoms with van der Waals surface area (Å²) >= 11 is 0. The first kappa shape index (κ1) is 13.1. The number of benzene rings is 1. The topological polar surface area (TPSA) is 59.2 Å². The van der Waals surface area contributed by atoms with Crippen LogP contribution in [0.4, 0.5) is 11.5 Å². The Balaban J connectivity index is 2.30. The van der Waals surface area contributed by atoms with E-state index < -0.39 is 0 Å². The predicted molar refractivity (Wildman–Crippen MR) is 77.3 cm³/mol. The number of rotatable bonds is 2. The van der Waals surface area contributed by atoms with Crippen LogP contribution >= 0.6 is 0 Å². The van der Waals surface area contributed by atoms with Gasteiger partial charge in [-0.25, -0.2) is 4.98 Å². The summed E-state index contributed by atoms with van der Waals surface area (Å²) in [4.78, 5) is 17.9. The summed E-state index contributed by atoms with van der Waals surface area (Å²) in [6, 6.07) is 9.35. The smallest absolute Gasteiger partial charge is 0.259 e. The maximum Gasteiger partial charge on any atom is 0.259 e. The molecule has 2 aromatic rings. The van der Waals surface area contributed by atoms with Crippen molar-refractivity contribution in [3.8, 4) is 0 Å². The second-order valence-electron chi connectivity index (χ2n) is 4.68. The number of carbonyl (C=O) groups excluding carboxylic acids is 1. The van der Waals surface area contributed by atoms with E-state index in [4.69, 9.17) is 5.73 Å². The minimum atomic E-state index is -0.0995. The number of carbonyl (C=O) groups is 1. The van der Waals surface area contributed by atoms with Gasteiger partial charge in [-0.3, -0.25) is 4.79 Å². The van der Waals surface area contributed by atoms with Gasteiger partial charge >= 0.3 is 0 Å². The Kier molecular flexibility index (Phi) is 3.51. The molecule has 1 aromatic heterocycles. The highest BCUT2D eigenvalue weighted by molar-refractivity contribution is 6.05.